The van der Waals surface area contributed by atoms with Crippen LogP contribution in [0.3, 0.4) is 0 Å². The van der Waals surface area contributed by atoms with Crippen LogP contribution in [0.15, 0.2) is 66.0 Å². The van der Waals surface area contributed by atoms with E-state index in [1.807, 2.05) is 42.2 Å². The molecule has 3 aromatic heterocycles. The van der Waals surface area contributed by atoms with Crippen molar-refractivity contribution >= 4 is 22.3 Å². The molecule has 6 nitrogen and oxygen atoms in total. The Hall–Kier alpha value is -3.54. The molecule has 0 atom stereocenters. The topological polar surface area (TPSA) is 68.0 Å². The lowest BCUT2D eigenvalue weighted by Gasteiger charge is -2.10. The molecule has 0 amide bonds. The van der Waals surface area contributed by atoms with Gasteiger partial charge in [0.25, 0.3) is 0 Å². The summed E-state index contributed by atoms with van der Waals surface area (Å²) >= 11 is 0. The number of rotatable bonds is 2. The van der Waals surface area contributed by atoms with Crippen molar-refractivity contribution < 1.29 is 0 Å². The first kappa shape index (κ1) is 14.8. The number of aryl methyl sites for hydroxylation is 1. The van der Waals surface area contributed by atoms with Gasteiger partial charge < -0.3 is 5.32 Å². The van der Waals surface area contributed by atoms with Crippen LogP contribution in [0, 0.1) is 0 Å². The number of nitrogens with zero attached hydrogens (tertiary/aromatic N) is 5. The van der Waals surface area contributed by atoms with Crippen molar-refractivity contribution in [1.29, 1.82) is 0 Å². The van der Waals surface area contributed by atoms with Crippen LogP contribution in [0.4, 0.5) is 5.69 Å². The van der Waals surface area contributed by atoms with Crippen molar-refractivity contribution in [3.05, 3.63) is 72.3 Å². The van der Waals surface area contributed by atoms with Crippen molar-refractivity contribution in [2.45, 2.75) is 6.54 Å². The van der Waals surface area contributed by atoms with Gasteiger partial charge in [-0.3, -0.25) is 19.6 Å². The molecule has 0 saturated carbocycles. The first-order chi connectivity index (χ1) is 12.8. The van der Waals surface area contributed by atoms with Crippen LogP contribution in [0.1, 0.15) is 11.3 Å². The molecule has 4 heterocycles. The highest BCUT2D eigenvalue weighted by Gasteiger charge is 2.16. The maximum Gasteiger partial charge on any atom is 0.135 e. The van der Waals surface area contributed by atoms with Crippen LogP contribution >= 0.6 is 0 Å². The first-order valence-electron chi connectivity index (χ1n) is 8.42. The number of fused-ring (bicyclic) bond motifs is 2. The van der Waals surface area contributed by atoms with E-state index in [-0.39, 0.29) is 0 Å². The molecule has 1 aliphatic rings. The van der Waals surface area contributed by atoms with E-state index in [0.29, 0.717) is 6.54 Å². The van der Waals surface area contributed by atoms with Gasteiger partial charge in [0.05, 0.1) is 23.6 Å². The van der Waals surface area contributed by atoms with Gasteiger partial charge in [0.2, 0.25) is 0 Å². The maximum atomic E-state index is 4.57. The summed E-state index contributed by atoms with van der Waals surface area (Å²) in [5.74, 6) is 0.869. The quantitative estimate of drug-likeness (QED) is 0.607. The third-order valence-electron chi connectivity index (χ3n) is 4.62. The molecular weight excluding hydrogens is 324 g/mol. The third kappa shape index (κ3) is 2.35. The standard InChI is InChI=1S/C20H16N6/c1-26-18(7-10-24-26)19-15-5-4-14(11-13(15)6-9-22-19)25-20-16-3-2-8-21-17(16)12-23-20/h2-11H,12H2,1H3,(H,23,25). The zero-order valence-electron chi connectivity index (χ0n) is 14.2. The highest BCUT2D eigenvalue weighted by atomic mass is 15.3. The van der Waals surface area contributed by atoms with E-state index in [4.69, 9.17) is 0 Å². The summed E-state index contributed by atoms with van der Waals surface area (Å²) in [6.07, 6.45) is 5.43. The predicted octanol–water partition coefficient (Wildman–Crippen LogP) is 3.40. The predicted molar refractivity (Wildman–Crippen MR) is 102 cm³/mol. The van der Waals surface area contributed by atoms with E-state index in [2.05, 4.69) is 43.6 Å². The van der Waals surface area contributed by atoms with Crippen molar-refractivity contribution in [3.8, 4) is 11.4 Å². The second-order valence-electron chi connectivity index (χ2n) is 6.22. The lowest BCUT2D eigenvalue weighted by atomic mass is 10.1. The number of benzene rings is 1. The normalized spacial score (nSPS) is 12.9. The molecule has 0 aliphatic carbocycles. The number of nitrogens with one attached hydrogen (secondary N) is 1. The van der Waals surface area contributed by atoms with E-state index < -0.39 is 0 Å². The number of amidine groups is 1. The molecule has 26 heavy (non-hydrogen) atoms. The summed E-state index contributed by atoms with van der Waals surface area (Å²) < 4.78 is 1.84. The molecule has 0 radical (unpaired) electrons. The first-order valence-corrected chi connectivity index (χ1v) is 8.42. The number of hydrogen-bond donors (Lipinski definition) is 1. The van der Waals surface area contributed by atoms with Crippen LogP contribution in [0.5, 0.6) is 0 Å². The van der Waals surface area contributed by atoms with Gasteiger partial charge in [-0.15, -0.1) is 0 Å². The smallest absolute Gasteiger partial charge is 0.135 e. The molecule has 0 saturated heterocycles. The Bertz CT molecular complexity index is 1160. The van der Waals surface area contributed by atoms with Gasteiger partial charge in [-0.1, -0.05) is 6.07 Å². The average molecular weight is 340 g/mol. The van der Waals surface area contributed by atoms with Crippen molar-refractivity contribution in [1.82, 2.24) is 19.7 Å². The minimum absolute atomic E-state index is 0.626. The van der Waals surface area contributed by atoms with Gasteiger partial charge in [-0.25, -0.2) is 0 Å². The van der Waals surface area contributed by atoms with E-state index in [0.717, 1.165) is 44.9 Å². The van der Waals surface area contributed by atoms with Crippen LogP contribution in [-0.4, -0.2) is 25.6 Å². The van der Waals surface area contributed by atoms with Crippen LogP contribution in [0.25, 0.3) is 22.2 Å². The summed E-state index contributed by atoms with van der Waals surface area (Å²) in [5, 5.41) is 9.89. The monoisotopic (exact) mass is 340 g/mol. The van der Waals surface area contributed by atoms with Crippen LogP contribution in [-0.2, 0) is 13.6 Å². The largest absolute Gasteiger partial charge is 0.340 e. The number of hydrogen-bond acceptors (Lipinski definition) is 5. The van der Waals surface area contributed by atoms with Gasteiger partial charge in [-0.05, 0) is 41.8 Å². The fourth-order valence-electron chi connectivity index (χ4n) is 3.33. The highest BCUT2D eigenvalue weighted by Crippen LogP contribution is 2.28. The minimum Gasteiger partial charge on any atom is -0.340 e. The van der Waals surface area contributed by atoms with Gasteiger partial charge in [-0.2, -0.15) is 5.10 Å². The van der Waals surface area contributed by atoms with Gasteiger partial charge in [0.1, 0.15) is 5.84 Å². The summed E-state index contributed by atoms with van der Waals surface area (Å²) in [6, 6.07) is 14.2. The second-order valence-corrected chi connectivity index (χ2v) is 6.22. The van der Waals surface area contributed by atoms with Crippen molar-refractivity contribution in [2.24, 2.45) is 12.0 Å². The lowest BCUT2D eigenvalue weighted by molar-refractivity contribution is 0.774. The van der Waals surface area contributed by atoms with Crippen LogP contribution < -0.4 is 5.32 Å². The Morgan fingerprint density at radius 2 is 1.96 bits per heavy atom. The molecule has 0 fully saturated rings. The molecule has 4 aromatic rings. The maximum absolute atomic E-state index is 4.57. The molecule has 1 aromatic carbocycles. The minimum atomic E-state index is 0.626. The average Bonchev–Trinajstić information content (AvgIpc) is 3.28. The molecule has 0 spiro atoms. The molecule has 1 aliphatic heterocycles. The second kappa shape index (κ2) is 5.77. The van der Waals surface area contributed by atoms with Gasteiger partial charge in [0.15, 0.2) is 0 Å². The highest BCUT2D eigenvalue weighted by molar-refractivity contribution is 6.11. The zero-order chi connectivity index (χ0) is 17.5. The lowest BCUT2D eigenvalue weighted by Crippen LogP contribution is -2.11. The third-order valence-corrected chi connectivity index (χ3v) is 4.62. The van der Waals surface area contributed by atoms with Gasteiger partial charge >= 0.3 is 0 Å². The fourth-order valence-corrected chi connectivity index (χ4v) is 3.33. The van der Waals surface area contributed by atoms with Crippen molar-refractivity contribution in [3.63, 3.8) is 0 Å². The van der Waals surface area contributed by atoms with E-state index in [1.54, 1.807) is 12.4 Å². The number of anilines is 1. The van der Waals surface area contributed by atoms with E-state index >= 15 is 0 Å². The van der Waals surface area contributed by atoms with Crippen LogP contribution in [0.2, 0.25) is 0 Å². The number of aliphatic imine (C=N–C) groups is 1. The summed E-state index contributed by atoms with van der Waals surface area (Å²) in [4.78, 5) is 13.5. The molecular formula is C20H16N6. The summed E-state index contributed by atoms with van der Waals surface area (Å²) in [5.41, 5.74) is 5.00. The Morgan fingerprint density at radius 3 is 2.85 bits per heavy atom. The van der Waals surface area contributed by atoms with Gasteiger partial charge in [0, 0.05) is 42.3 Å². The Labute approximate surface area is 150 Å². The summed E-state index contributed by atoms with van der Waals surface area (Å²) in [7, 11) is 1.93. The Balaban J connectivity index is 1.53. The zero-order valence-corrected chi connectivity index (χ0v) is 14.2. The Morgan fingerprint density at radius 1 is 1.00 bits per heavy atom. The molecule has 6 heteroatoms. The summed E-state index contributed by atoms with van der Waals surface area (Å²) in [6.45, 7) is 0.626. The molecule has 5 rings (SSSR count). The van der Waals surface area contributed by atoms with E-state index in [9.17, 15) is 0 Å². The molecule has 0 bridgehead atoms. The van der Waals surface area contributed by atoms with Crippen molar-refractivity contribution in [2.75, 3.05) is 5.32 Å². The van der Waals surface area contributed by atoms with E-state index in [1.165, 1.54) is 0 Å². The fraction of sp³-hybridized carbons (Fsp3) is 0.100. The SMILES string of the molecule is Cn1nccc1-c1nccc2cc(NC3=NCc4ncccc43)ccc12. The number of aromatic nitrogens is 4. The molecule has 0 unspecified atom stereocenters. The molecule has 1 N–H and O–H groups in total. The number of pyridine rings is 2. The Kier molecular flexibility index (Phi) is 3.28. The molecule has 126 valence electrons.